The number of anilines is 3. The molecule has 0 saturated heterocycles. The summed E-state index contributed by atoms with van der Waals surface area (Å²) in [5, 5.41) is 2.85. The van der Waals surface area contributed by atoms with E-state index >= 15 is 0 Å². The molecule has 0 atom stereocenters. The van der Waals surface area contributed by atoms with E-state index in [4.69, 9.17) is 10.5 Å². The number of ether oxygens (including phenoxy) is 1. The van der Waals surface area contributed by atoms with E-state index in [1.807, 2.05) is 26.8 Å². The van der Waals surface area contributed by atoms with Crippen LogP contribution in [0, 0.1) is 12.7 Å². The molecule has 4 N–H and O–H groups in total. The molecule has 7 nitrogen and oxygen atoms in total. The van der Waals surface area contributed by atoms with E-state index in [0.29, 0.717) is 12.2 Å². The van der Waals surface area contributed by atoms with Crippen LogP contribution in [-0.2, 0) is 13.5 Å². The van der Waals surface area contributed by atoms with Gasteiger partial charge in [0.25, 0.3) is 11.5 Å². The second-order valence-electron chi connectivity index (χ2n) is 7.35. The molecular weight excluding hydrogens is 443 g/mol. The second kappa shape index (κ2) is 10.4. The lowest BCUT2D eigenvalue weighted by molar-refractivity contribution is 0.0998. The molecule has 0 unspecified atom stereocenters. The molecule has 1 amide bonds. The maximum absolute atomic E-state index is 14.6. The highest BCUT2D eigenvalue weighted by atomic mass is 32.2. The first-order chi connectivity index (χ1) is 15.8. The SMILES string of the molecule is CCSNc1cccc(Oc2cc(=O)n(C)c(Nc3ccc(CC)cc3F)c2C(N)=O)c1C. The smallest absolute Gasteiger partial charge is 0.256 e. The van der Waals surface area contributed by atoms with Crippen molar-refractivity contribution in [1.29, 1.82) is 0 Å². The Bertz CT molecular complexity index is 1240. The Morgan fingerprint density at radius 2 is 1.91 bits per heavy atom. The quantitative estimate of drug-likeness (QED) is 0.376. The van der Waals surface area contributed by atoms with Gasteiger partial charge < -0.3 is 20.5 Å². The Kier molecular flexibility index (Phi) is 7.65. The van der Waals surface area contributed by atoms with Crippen LogP contribution < -0.4 is 26.1 Å². The van der Waals surface area contributed by atoms with Gasteiger partial charge >= 0.3 is 0 Å². The van der Waals surface area contributed by atoms with Gasteiger partial charge in [-0.05, 0) is 43.2 Å². The van der Waals surface area contributed by atoms with Crippen LogP contribution in [-0.4, -0.2) is 16.2 Å². The third-order valence-corrected chi connectivity index (χ3v) is 5.83. The monoisotopic (exact) mass is 470 g/mol. The summed E-state index contributed by atoms with van der Waals surface area (Å²) in [7, 11) is 1.47. The Hall–Kier alpha value is -3.46. The van der Waals surface area contributed by atoms with Gasteiger partial charge in [-0.15, -0.1) is 0 Å². The summed E-state index contributed by atoms with van der Waals surface area (Å²) < 4.78 is 25.1. The minimum atomic E-state index is -0.817. The highest BCUT2D eigenvalue weighted by molar-refractivity contribution is 8.00. The summed E-state index contributed by atoms with van der Waals surface area (Å²) in [6, 6.07) is 11.4. The Balaban J connectivity index is 2.09. The molecule has 1 aromatic heterocycles. The molecule has 3 rings (SSSR count). The molecule has 0 saturated carbocycles. The van der Waals surface area contributed by atoms with Gasteiger partial charge in [-0.3, -0.25) is 14.2 Å². The van der Waals surface area contributed by atoms with Gasteiger partial charge in [-0.25, -0.2) is 4.39 Å². The molecule has 0 aliphatic heterocycles. The maximum atomic E-state index is 14.6. The first kappa shape index (κ1) is 24.2. The predicted molar refractivity (Wildman–Crippen MR) is 132 cm³/mol. The van der Waals surface area contributed by atoms with Crippen molar-refractivity contribution in [3.05, 3.63) is 75.3 Å². The number of hydrogen-bond acceptors (Lipinski definition) is 6. The zero-order valence-corrected chi connectivity index (χ0v) is 19.8. The van der Waals surface area contributed by atoms with Crippen molar-refractivity contribution in [3.63, 3.8) is 0 Å². The minimum absolute atomic E-state index is 0.0120. The van der Waals surface area contributed by atoms with Crippen LogP contribution in [0.15, 0.2) is 47.3 Å². The molecule has 2 aromatic carbocycles. The van der Waals surface area contributed by atoms with Crippen LogP contribution in [0.1, 0.15) is 35.3 Å². The summed E-state index contributed by atoms with van der Waals surface area (Å²) in [5.41, 5.74) is 7.75. The van der Waals surface area contributed by atoms with Crippen LogP contribution in [0.25, 0.3) is 0 Å². The molecule has 0 spiro atoms. The number of rotatable bonds is 9. The lowest BCUT2D eigenvalue weighted by Gasteiger charge is -2.19. The molecule has 3 aromatic rings. The van der Waals surface area contributed by atoms with Crippen molar-refractivity contribution >= 4 is 35.0 Å². The van der Waals surface area contributed by atoms with Crippen LogP contribution >= 0.6 is 11.9 Å². The number of benzene rings is 2. The van der Waals surface area contributed by atoms with Gasteiger partial charge in [0.1, 0.15) is 28.7 Å². The number of aryl methyl sites for hydroxylation is 1. The number of aromatic nitrogens is 1. The van der Waals surface area contributed by atoms with E-state index in [0.717, 1.165) is 22.6 Å². The molecule has 9 heteroatoms. The number of hydrogen-bond donors (Lipinski definition) is 3. The maximum Gasteiger partial charge on any atom is 0.256 e. The lowest BCUT2D eigenvalue weighted by Crippen LogP contribution is -2.25. The van der Waals surface area contributed by atoms with Crippen molar-refractivity contribution < 1.29 is 13.9 Å². The average molecular weight is 471 g/mol. The van der Waals surface area contributed by atoms with Crippen LogP contribution in [0.4, 0.5) is 21.6 Å². The van der Waals surface area contributed by atoms with Gasteiger partial charge in [0.2, 0.25) is 0 Å². The van der Waals surface area contributed by atoms with E-state index in [1.165, 1.54) is 35.7 Å². The topological polar surface area (TPSA) is 98.4 Å². The predicted octanol–water partition coefficient (Wildman–Crippen LogP) is 5.11. The number of carbonyl (C=O) groups excluding carboxylic acids is 1. The number of primary amides is 1. The standard InChI is InChI=1S/C24H27FN4O3S/c1-5-15-10-11-18(16(25)12-15)27-24-22(23(26)31)20(13-21(30)29(24)4)32-19-9-7-8-17(14(19)3)28-33-6-2/h7-13,27-28H,5-6H2,1-4H3,(H2,26,31). The molecule has 33 heavy (non-hydrogen) atoms. The Morgan fingerprint density at radius 1 is 1.15 bits per heavy atom. The number of pyridine rings is 1. The van der Waals surface area contributed by atoms with Crippen molar-refractivity contribution in [2.75, 3.05) is 15.8 Å². The zero-order valence-electron chi connectivity index (χ0n) is 19.0. The van der Waals surface area contributed by atoms with Crippen LogP contribution in [0.2, 0.25) is 0 Å². The van der Waals surface area contributed by atoms with E-state index < -0.39 is 17.3 Å². The fourth-order valence-electron chi connectivity index (χ4n) is 3.25. The molecule has 0 radical (unpaired) electrons. The Labute approximate surface area is 196 Å². The first-order valence-electron chi connectivity index (χ1n) is 10.5. The molecule has 1 heterocycles. The third kappa shape index (κ3) is 5.31. The minimum Gasteiger partial charge on any atom is -0.456 e. The highest BCUT2D eigenvalue weighted by Crippen LogP contribution is 2.35. The number of carbonyl (C=O) groups is 1. The number of nitrogens with one attached hydrogen (secondary N) is 2. The van der Waals surface area contributed by atoms with Crippen LogP contribution in [0.5, 0.6) is 11.5 Å². The molecule has 0 fully saturated rings. The normalized spacial score (nSPS) is 10.7. The van der Waals surface area contributed by atoms with E-state index in [2.05, 4.69) is 10.0 Å². The van der Waals surface area contributed by atoms with Gasteiger partial charge in [-0.1, -0.05) is 37.9 Å². The largest absolute Gasteiger partial charge is 0.456 e. The number of nitrogens with two attached hydrogens (primary N) is 1. The second-order valence-corrected chi connectivity index (χ2v) is 8.42. The number of nitrogens with zero attached hydrogens (tertiary/aromatic N) is 1. The van der Waals surface area contributed by atoms with E-state index in [9.17, 15) is 14.0 Å². The van der Waals surface area contributed by atoms with E-state index in [1.54, 1.807) is 24.3 Å². The number of amides is 1. The van der Waals surface area contributed by atoms with Gasteiger partial charge in [0, 0.05) is 24.4 Å². The molecule has 0 aliphatic carbocycles. The summed E-state index contributed by atoms with van der Waals surface area (Å²) in [6.45, 7) is 5.81. The van der Waals surface area contributed by atoms with Gasteiger partial charge in [0.15, 0.2) is 0 Å². The van der Waals surface area contributed by atoms with Gasteiger partial charge in [-0.2, -0.15) is 0 Å². The molecule has 0 bridgehead atoms. The zero-order chi connectivity index (χ0) is 24.1. The average Bonchev–Trinajstić information content (AvgIpc) is 2.78. The summed E-state index contributed by atoms with van der Waals surface area (Å²) in [4.78, 5) is 25.1. The molecular formula is C24H27FN4O3S. The summed E-state index contributed by atoms with van der Waals surface area (Å²) in [5.74, 6) is 0.0323. The lowest BCUT2D eigenvalue weighted by atomic mass is 10.1. The van der Waals surface area contributed by atoms with Crippen molar-refractivity contribution in [2.45, 2.75) is 27.2 Å². The molecule has 0 aliphatic rings. The van der Waals surface area contributed by atoms with Gasteiger partial charge in [0.05, 0.1) is 11.4 Å². The van der Waals surface area contributed by atoms with E-state index in [-0.39, 0.29) is 22.8 Å². The van der Waals surface area contributed by atoms with Crippen molar-refractivity contribution in [3.8, 4) is 11.5 Å². The fraction of sp³-hybridized carbons (Fsp3) is 0.250. The number of halogens is 1. The Morgan fingerprint density at radius 3 is 2.55 bits per heavy atom. The fourth-order valence-corrected chi connectivity index (χ4v) is 3.77. The van der Waals surface area contributed by atoms with Crippen molar-refractivity contribution in [2.24, 2.45) is 12.8 Å². The highest BCUT2D eigenvalue weighted by Gasteiger charge is 2.22. The van der Waals surface area contributed by atoms with Crippen LogP contribution in [0.3, 0.4) is 0 Å². The summed E-state index contributed by atoms with van der Waals surface area (Å²) in [6.07, 6.45) is 0.676. The third-order valence-electron chi connectivity index (χ3n) is 5.18. The van der Waals surface area contributed by atoms with Crippen molar-refractivity contribution in [1.82, 2.24) is 4.57 Å². The summed E-state index contributed by atoms with van der Waals surface area (Å²) >= 11 is 1.53. The first-order valence-corrected chi connectivity index (χ1v) is 11.5. The molecule has 174 valence electrons.